The predicted molar refractivity (Wildman–Crippen MR) is 70.2 cm³/mol. The molecule has 1 saturated carbocycles. The Labute approximate surface area is 109 Å². The molecule has 0 aromatic carbocycles. The van der Waals surface area contributed by atoms with Gasteiger partial charge in [0.25, 0.3) is 0 Å². The van der Waals surface area contributed by atoms with Crippen LogP contribution in [0, 0.1) is 5.92 Å². The average molecular weight is 263 g/mol. The highest BCUT2D eigenvalue weighted by Crippen LogP contribution is 2.36. The maximum Gasteiger partial charge on any atom is 0.151 e. The first-order chi connectivity index (χ1) is 9.13. The highest BCUT2D eigenvalue weighted by Gasteiger charge is 2.42. The van der Waals surface area contributed by atoms with Crippen LogP contribution >= 0.6 is 0 Å². The lowest BCUT2D eigenvalue weighted by Crippen LogP contribution is -2.31. The number of aromatic nitrogens is 3. The van der Waals surface area contributed by atoms with Gasteiger partial charge < -0.3 is 26.2 Å². The van der Waals surface area contributed by atoms with Crippen molar-refractivity contribution < 1.29 is 10.2 Å². The van der Waals surface area contributed by atoms with Crippen molar-refractivity contribution in [1.82, 2.24) is 14.5 Å². The molecule has 0 aliphatic heterocycles. The zero-order valence-corrected chi connectivity index (χ0v) is 10.3. The molecule has 2 aromatic rings. The molecule has 7 nitrogen and oxygen atoms in total. The Bertz CT molecular complexity index is 599. The topological polar surface area (TPSA) is 123 Å². The molecule has 19 heavy (non-hydrogen) atoms. The van der Waals surface area contributed by atoms with Gasteiger partial charge in [0.05, 0.1) is 24.0 Å². The SMILES string of the molecule is NC[C@H]1C[C@@H](n2cnc3c(N)nccc32)[C@H](O)[C@@H]1O. The van der Waals surface area contributed by atoms with Crippen LogP contribution in [0.1, 0.15) is 12.5 Å². The van der Waals surface area contributed by atoms with E-state index in [4.69, 9.17) is 11.5 Å². The van der Waals surface area contributed by atoms with Crippen LogP contribution in [0.2, 0.25) is 0 Å². The molecule has 4 atom stereocenters. The van der Waals surface area contributed by atoms with Gasteiger partial charge in [-0.1, -0.05) is 0 Å². The summed E-state index contributed by atoms with van der Waals surface area (Å²) in [6.45, 7) is 0.352. The van der Waals surface area contributed by atoms with Crippen LogP contribution in [0.5, 0.6) is 0 Å². The van der Waals surface area contributed by atoms with Crippen molar-refractivity contribution in [2.24, 2.45) is 11.7 Å². The lowest BCUT2D eigenvalue weighted by atomic mass is 10.1. The third kappa shape index (κ3) is 1.78. The Morgan fingerprint density at radius 1 is 1.32 bits per heavy atom. The Hall–Kier alpha value is -1.70. The van der Waals surface area contributed by atoms with E-state index >= 15 is 0 Å². The predicted octanol–water partition coefficient (Wildman–Crippen LogP) is -0.745. The molecule has 6 N–H and O–H groups in total. The van der Waals surface area contributed by atoms with Crippen molar-refractivity contribution in [3.63, 3.8) is 0 Å². The van der Waals surface area contributed by atoms with Crippen molar-refractivity contribution in [1.29, 1.82) is 0 Å². The monoisotopic (exact) mass is 263 g/mol. The van der Waals surface area contributed by atoms with Gasteiger partial charge in [0, 0.05) is 12.1 Å². The molecule has 1 aliphatic carbocycles. The molecule has 0 spiro atoms. The minimum absolute atomic E-state index is 0.100. The molecule has 0 radical (unpaired) electrons. The number of rotatable bonds is 2. The summed E-state index contributed by atoms with van der Waals surface area (Å²) in [6.07, 6.45) is 2.20. The Morgan fingerprint density at radius 2 is 2.11 bits per heavy atom. The number of hydrogen-bond acceptors (Lipinski definition) is 6. The van der Waals surface area contributed by atoms with Gasteiger partial charge in [0.1, 0.15) is 11.6 Å². The lowest BCUT2D eigenvalue weighted by Gasteiger charge is -2.18. The van der Waals surface area contributed by atoms with Crippen LogP contribution in [0.25, 0.3) is 11.0 Å². The molecule has 7 heteroatoms. The van der Waals surface area contributed by atoms with Gasteiger partial charge in [0.15, 0.2) is 5.82 Å². The number of fused-ring (bicyclic) bond motifs is 1. The van der Waals surface area contributed by atoms with Crippen LogP contribution in [0.3, 0.4) is 0 Å². The van der Waals surface area contributed by atoms with Crippen LogP contribution in [0.15, 0.2) is 18.6 Å². The first-order valence-corrected chi connectivity index (χ1v) is 6.26. The number of anilines is 1. The molecule has 0 saturated heterocycles. The normalized spacial score (nSPS) is 31.1. The molecular weight excluding hydrogens is 246 g/mol. The second-order valence-electron chi connectivity index (χ2n) is 5.00. The van der Waals surface area contributed by atoms with E-state index in [2.05, 4.69) is 9.97 Å². The summed E-state index contributed by atoms with van der Waals surface area (Å²) in [5, 5.41) is 20.1. The number of nitrogen functional groups attached to an aromatic ring is 1. The van der Waals surface area contributed by atoms with Crippen LogP contribution in [0.4, 0.5) is 5.82 Å². The molecule has 2 aromatic heterocycles. The summed E-state index contributed by atoms with van der Waals surface area (Å²) < 4.78 is 1.84. The van der Waals surface area contributed by atoms with Gasteiger partial charge >= 0.3 is 0 Å². The fourth-order valence-corrected chi connectivity index (χ4v) is 2.86. The van der Waals surface area contributed by atoms with Crippen molar-refractivity contribution in [3.8, 4) is 0 Å². The molecule has 1 fully saturated rings. The summed E-state index contributed by atoms with van der Waals surface area (Å²) in [5.41, 5.74) is 12.8. The van der Waals surface area contributed by atoms with Crippen molar-refractivity contribution in [2.75, 3.05) is 12.3 Å². The van der Waals surface area contributed by atoms with E-state index in [0.717, 1.165) is 5.52 Å². The third-order valence-electron chi connectivity index (χ3n) is 3.95. The number of aliphatic hydroxyl groups excluding tert-OH is 2. The van der Waals surface area contributed by atoms with Crippen molar-refractivity contribution in [2.45, 2.75) is 24.7 Å². The molecular formula is C12H17N5O2. The summed E-state index contributed by atoms with van der Waals surface area (Å²) in [6, 6.07) is 1.56. The zero-order chi connectivity index (χ0) is 13.6. The second kappa shape index (κ2) is 4.44. The summed E-state index contributed by atoms with van der Waals surface area (Å²) in [7, 11) is 0. The van der Waals surface area contributed by atoms with Crippen molar-refractivity contribution in [3.05, 3.63) is 18.6 Å². The van der Waals surface area contributed by atoms with E-state index < -0.39 is 12.2 Å². The highest BCUT2D eigenvalue weighted by molar-refractivity contribution is 5.84. The fourth-order valence-electron chi connectivity index (χ4n) is 2.86. The Morgan fingerprint density at radius 3 is 2.79 bits per heavy atom. The molecule has 0 unspecified atom stereocenters. The lowest BCUT2D eigenvalue weighted by molar-refractivity contribution is 0.00821. The number of nitrogens with two attached hydrogens (primary N) is 2. The molecule has 3 rings (SSSR count). The largest absolute Gasteiger partial charge is 0.390 e. The van der Waals surface area contributed by atoms with Gasteiger partial charge in [0.2, 0.25) is 0 Å². The molecule has 0 bridgehead atoms. The van der Waals surface area contributed by atoms with E-state index in [1.807, 2.05) is 4.57 Å². The quantitative estimate of drug-likeness (QED) is 0.565. The summed E-state index contributed by atoms with van der Waals surface area (Å²) >= 11 is 0. The van der Waals surface area contributed by atoms with Crippen molar-refractivity contribution >= 4 is 16.9 Å². The maximum absolute atomic E-state index is 10.2. The fraction of sp³-hybridized carbons (Fsp3) is 0.500. The van der Waals surface area contributed by atoms with Gasteiger partial charge in [-0.15, -0.1) is 0 Å². The minimum atomic E-state index is -0.847. The van der Waals surface area contributed by atoms with E-state index in [1.54, 1.807) is 18.6 Å². The summed E-state index contributed by atoms with van der Waals surface area (Å²) in [5.74, 6) is 0.260. The second-order valence-corrected chi connectivity index (χ2v) is 5.00. The van der Waals surface area contributed by atoms with Gasteiger partial charge in [-0.05, 0) is 19.0 Å². The van der Waals surface area contributed by atoms with E-state index in [0.29, 0.717) is 24.3 Å². The highest BCUT2D eigenvalue weighted by atomic mass is 16.3. The zero-order valence-electron chi connectivity index (χ0n) is 10.3. The van der Waals surface area contributed by atoms with E-state index in [1.165, 1.54) is 0 Å². The van der Waals surface area contributed by atoms with Crippen LogP contribution < -0.4 is 11.5 Å². The van der Waals surface area contributed by atoms with Gasteiger partial charge in [-0.2, -0.15) is 0 Å². The molecule has 1 aliphatic rings. The Balaban J connectivity index is 2.04. The number of nitrogens with zero attached hydrogens (tertiary/aromatic N) is 3. The van der Waals surface area contributed by atoms with E-state index in [9.17, 15) is 10.2 Å². The van der Waals surface area contributed by atoms with Gasteiger partial charge in [-0.3, -0.25) is 0 Å². The molecule has 102 valence electrons. The minimum Gasteiger partial charge on any atom is -0.390 e. The standard InChI is InChI=1S/C12H17N5O2/c13-4-6-3-8(11(19)10(6)18)17-5-16-9-7(17)1-2-15-12(9)14/h1-2,5-6,8,10-11,18-19H,3-4,13H2,(H2,14,15)/t6-,8-,10-,11+/m1/s1. The number of pyridine rings is 1. The first kappa shape index (κ1) is 12.3. The summed E-state index contributed by atoms with van der Waals surface area (Å²) in [4.78, 5) is 8.21. The van der Waals surface area contributed by atoms with Gasteiger partial charge in [-0.25, -0.2) is 9.97 Å². The first-order valence-electron chi connectivity index (χ1n) is 6.26. The molecule has 0 amide bonds. The Kier molecular flexibility index (Phi) is 2.89. The smallest absolute Gasteiger partial charge is 0.151 e. The number of aliphatic hydroxyl groups is 2. The molecule has 2 heterocycles. The number of imidazole rings is 1. The van der Waals surface area contributed by atoms with Crippen LogP contribution in [-0.2, 0) is 0 Å². The average Bonchev–Trinajstić information content (AvgIpc) is 2.94. The number of hydrogen-bond donors (Lipinski definition) is 4. The maximum atomic E-state index is 10.2. The van der Waals surface area contributed by atoms with Crippen LogP contribution in [-0.4, -0.2) is 43.5 Å². The van der Waals surface area contributed by atoms with E-state index in [-0.39, 0.29) is 12.0 Å². The third-order valence-corrected chi connectivity index (χ3v) is 3.95.